The van der Waals surface area contributed by atoms with Crippen molar-refractivity contribution >= 4 is 33.1 Å². The molecule has 0 unspecified atom stereocenters. The van der Waals surface area contributed by atoms with Crippen molar-refractivity contribution in [3.8, 4) is 0 Å². The summed E-state index contributed by atoms with van der Waals surface area (Å²) < 4.78 is 14.6. The van der Waals surface area contributed by atoms with Crippen LogP contribution in [0, 0.1) is 5.82 Å². The van der Waals surface area contributed by atoms with E-state index >= 15 is 0 Å². The molecular formula is C13H13BrFN3. The van der Waals surface area contributed by atoms with Gasteiger partial charge >= 0.3 is 0 Å². The summed E-state index contributed by atoms with van der Waals surface area (Å²) in [6.45, 7) is 2.55. The lowest BCUT2D eigenvalue weighted by Crippen LogP contribution is -2.19. The van der Waals surface area contributed by atoms with Gasteiger partial charge in [-0.05, 0) is 41.1 Å². The van der Waals surface area contributed by atoms with E-state index in [2.05, 4.69) is 20.9 Å². The first kappa shape index (κ1) is 12.8. The van der Waals surface area contributed by atoms with Crippen LogP contribution in [-0.4, -0.2) is 11.5 Å². The quantitative estimate of drug-likeness (QED) is 0.939. The maximum absolute atomic E-state index is 13.8. The van der Waals surface area contributed by atoms with Crippen LogP contribution in [0.15, 0.2) is 41.0 Å². The van der Waals surface area contributed by atoms with Crippen molar-refractivity contribution in [3.63, 3.8) is 0 Å². The van der Waals surface area contributed by atoms with Gasteiger partial charge in [-0.2, -0.15) is 0 Å². The van der Waals surface area contributed by atoms with Gasteiger partial charge in [-0.1, -0.05) is 12.1 Å². The molecule has 0 aliphatic heterocycles. The standard InChI is InChI=1S/C13H13BrFN3/c1-2-18(12-6-4-3-5-11(12)15)13-10(14)7-9(16)8-17-13/h3-8H,2,16H2,1H3. The van der Waals surface area contributed by atoms with Gasteiger partial charge in [0.15, 0.2) is 0 Å². The molecular weight excluding hydrogens is 297 g/mol. The number of nitrogens with zero attached hydrogens (tertiary/aromatic N) is 2. The maximum atomic E-state index is 13.8. The number of rotatable bonds is 3. The lowest BCUT2D eigenvalue weighted by atomic mass is 10.2. The Morgan fingerprint density at radius 1 is 1.39 bits per heavy atom. The van der Waals surface area contributed by atoms with E-state index < -0.39 is 0 Å². The molecule has 0 spiro atoms. The Kier molecular flexibility index (Phi) is 3.81. The molecule has 5 heteroatoms. The van der Waals surface area contributed by atoms with E-state index in [1.54, 1.807) is 35.4 Å². The molecule has 1 aromatic carbocycles. The van der Waals surface area contributed by atoms with Crippen molar-refractivity contribution in [2.45, 2.75) is 6.92 Å². The van der Waals surface area contributed by atoms with Gasteiger partial charge in [0.25, 0.3) is 0 Å². The first-order valence-corrected chi connectivity index (χ1v) is 6.36. The number of pyridine rings is 1. The SMILES string of the molecule is CCN(c1ccccc1F)c1ncc(N)cc1Br. The third-order valence-corrected chi connectivity index (χ3v) is 3.14. The molecule has 0 saturated heterocycles. The molecule has 2 N–H and O–H groups in total. The van der Waals surface area contributed by atoms with E-state index in [0.717, 1.165) is 4.47 Å². The Balaban J connectivity index is 2.49. The third kappa shape index (κ3) is 2.46. The summed E-state index contributed by atoms with van der Waals surface area (Å²) in [5.74, 6) is 0.377. The number of nitrogen functional groups attached to an aromatic ring is 1. The summed E-state index contributed by atoms with van der Waals surface area (Å²) in [6.07, 6.45) is 1.56. The fraction of sp³-hybridized carbons (Fsp3) is 0.154. The molecule has 2 rings (SSSR count). The highest BCUT2D eigenvalue weighted by Gasteiger charge is 2.15. The average Bonchev–Trinajstić information content (AvgIpc) is 2.34. The second-order valence-electron chi connectivity index (χ2n) is 3.77. The normalized spacial score (nSPS) is 10.4. The summed E-state index contributed by atoms with van der Waals surface area (Å²) in [5.41, 5.74) is 6.72. The number of hydrogen-bond donors (Lipinski definition) is 1. The van der Waals surface area contributed by atoms with Crippen LogP contribution in [0.2, 0.25) is 0 Å². The Morgan fingerprint density at radius 2 is 2.11 bits per heavy atom. The number of benzene rings is 1. The molecule has 0 aliphatic rings. The lowest BCUT2D eigenvalue weighted by Gasteiger charge is -2.23. The highest BCUT2D eigenvalue weighted by Crippen LogP contribution is 2.32. The first-order chi connectivity index (χ1) is 8.63. The fourth-order valence-corrected chi connectivity index (χ4v) is 2.33. The van der Waals surface area contributed by atoms with Gasteiger partial charge < -0.3 is 10.6 Å². The highest BCUT2D eigenvalue weighted by molar-refractivity contribution is 9.10. The number of halogens is 2. The number of hydrogen-bond acceptors (Lipinski definition) is 3. The van der Waals surface area contributed by atoms with E-state index in [0.29, 0.717) is 23.7 Å². The molecule has 0 aliphatic carbocycles. The Morgan fingerprint density at radius 3 is 2.72 bits per heavy atom. The molecule has 0 radical (unpaired) electrons. The predicted octanol–water partition coefficient (Wildman–Crippen LogP) is 3.72. The van der Waals surface area contributed by atoms with Crippen molar-refractivity contribution < 1.29 is 4.39 Å². The van der Waals surface area contributed by atoms with Gasteiger partial charge in [0.1, 0.15) is 11.6 Å². The predicted molar refractivity (Wildman–Crippen MR) is 75.4 cm³/mol. The number of para-hydroxylation sites is 1. The van der Waals surface area contributed by atoms with Crippen molar-refractivity contribution in [2.75, 3.05) is 17.2 Å². The van der Waals surface area contributed by atoms with Crippen LogP contribution < -0.4 is 10.6 Å². The summed E-state index contributed by atoms with van der Waals surface area (Å²) in [4.78, 5) is 6.04. The van der Waals surface area contributed by atoms with Gasteiger partial charge in [0.05, 0.1) is 22.0 Å². The largest absolute Gasteiger partial charge is 0.397 e. The monoisotopic (exact) mass is 309 g/mol. The number of nitrogens with two attached hydrogens (primary N) is 1. The number of anilines is 3. The zero-order chi connectivity index (χ0) is 13.1. The second kappa shape index (κ2) is 5.35. The van der Waals surface area contributed by atoms with Crippen molar-refractivity contribution in [2.24, 2.45) is 0 Å². The van der Waals surface area contributed by atoms with Gasteiger partial charge in [0.2, 0.25) is 0 Å². The van der Waals surface area contributed by atoms with E-state index in [9.17, 15) is 4.39 Å². The van der Waals surface area contributed by atoms with Crippen molar-refractivity contribution in [3.05, 3.63) is 46.8 Å². The van der Waals surface area contributed by atoms with Crippen LogP contribution in [-0.2, 0) is 0 Å². The Bertz CT molecular complexity index is 560. The fourth-order valence-electron chi connectivity index (χ4n) is 1.75. The summed E-state index contributed by atoms with van der Waals surface area (Å²) >= 11 is 3.40. The van der Waals surface area contributed by atoms with Gasteiger partial charge in [0, 0.05) is 6.54 Å². The van der Waals surface area contributed by atoms with E-state index in [-0.39, 0.29) is 5.82 Å². The lowest BCUT2D eigenvalue weighted by molar-refractivity contribution is 0.625. The molecule has 18 heavy (non-hydrogen) atoms. The van der Waals surface area contributed by atoms with E-state index in [1.165, 1.54) is 6.07 Å². The van der Waals surface area contributed by atoms with E-state index in [4.69, 9.17) is 5.73 Å². The molecule has 1 heterocycles. The first-order valence-electron chi connectivity index (χ1n) is 5.56. The van der Waals surface area contributed by atoms with Crippen LogP contribution >= 0.6 is 15.9 Å². The molecule has 0 fully saturated rings. The van der Waals surface area contributed by atoms with E-state index in [1.807, 2.05) is 6.92 Å². The maximum Gasteiger partial charge on any atom is 0.147 e. The van der Waals surface area contributed by atoms with Crippen LogP contribution in [0.5, 0.6) is 0 Å². The molecule has 0 atom stereocenters. The Labute approximate surface area is 114 Å². The Hall–Kier alpha value is -1.62. The zero-order valence-corrected chi connectivity index (χ0v) is 11.5. The number of aromatic nitrogens is 1. The third-order valence-electron chi connectivity index (χ3n) is 2.56. The average molecular weight is 310 g/mol. The van der Waals surface area contributed by atoms with Crippen LogP contribution in [0.1, 0.15) is 6.92 Å². The molecule has 2 aromatic rings. The van der Waals surface area contributed by atoms with Crippen LogP contribution in [0.25, 0.3) is 0 Å². The zero-order valence-electron chi connectivity index (χ0n) is 9.90. The van der Waals surface area contributed by atoms with Crippen LogP contribution in [0.3, 0.4) is 0 Å². The molecule has 94 valence electrons. The molecule has 0 saturated carbocycles. The van der Waals surface area contributed by atoms with Gasteiger partial charge in [-0.3, -0.25) is 0 Å². The minimum atomic E-state index is -0.273. The van der Waals surface area contributed by atoms with Crippen molar-refractivity contribution in [1.82, 2.24) is 4.98 Å². The molecule has 0 bridgehead atoms. The smallest absolute Gasteiger partial charge is 0.147 e. The van der Waals surface area contributed by atoms with Gasteiger partial charge in [-0.25, -0.2) is 9.37 Å². The summed E-state index contributed by atoms with van der Waals surface area (Å²) in [5, 5.41) is 0. The minimum Gasteiger partial charge on any atom is -0.397 e. The minimum absolute atomic E-state index is 0.273. The van der Waals surface area contributed by atoms with Gasteiger partial charge in [-0.15, -0.1) is 0 Å². The molecule has 0 amide bonds. The topological polar surface area (TPSA) is 42.2 Å². The van der Waals surface area contributed by atoms with Crippen molar-refractivity contribution in [1.29, 1.82) is 0 Å². The molecule has 1 aromatic heterocycles. The highest BCUT2D eigenvalue weighted by atomic mass is 79.9. The summed E-state index contributed by atoms with van der Waals surface area (Å²) in [6, 6.07) is 8.38. The summed E-state index contributed by atoms with van der Waals surface area (Å²) in [7, 11) is 0. The second-order valence-corrected chi connectivity index (χ2v) is 4.62. The molecule has 3 nitrogen and oxygen atoms in total. The van der Waals surface area contributed by atoms with Crippen LogP contribution in [0.4, 0.5) is 21.6 Å².